The largest absolute Gasteiger partial charge is 0.465 e. The van der Waals surface area contributed by atoms with E-state index in [1.165, 1.54) is 0 Å². The number of fused-ring (bicyclic) bond motifs is 2. The highest BCUT2D eigenvalue weighted by molar-refractivity contribution is 5.92. The lowest BCUT2D eigenvalue weighted by Gasteiger charge is -2.38. The van der Waals surface area contributed by atoms with E-state index in [0.717, 1.165) is 25.7 Å². The van der Waals surface area contributed by atoms with Gasteiger partial charge in [-0.1, -0.05) is 0 Å². The summed E-state index contributed by atoms with van der Waals surface area (Å²) in [5.74, 6) is 0.791. The Morgan fingerprint density at radius 1 is 1.27 bits per heavy atom. The van der Waals surface area contributed by atoms with Crippen LogP contribution in [0.5, 0.6) is 0 Å². The molecule has 2 saturated heterocycles. The number of carbonyl (C=O) groups is 1. The van der Waals surface area contributed by atoms with Crippen LogP contribution in [0.3, 0.4) is 0 Å². The fourth-order valence-electron chi connectivity index (χ4n) is 3.76. The summed E-state index contributed by atoms with van der Waals surface area (Å²) >= 11 is 0. The lowest BCUT2D eigenvalue weighted by atomic mass is 9.97. The predicted octanol–water partition coefficient (Wildman–Crippen LogP) is 2.28. The van der Waals surface area contributed by atoms with Crippen molar-refractivity contribution < 1.29 is 9.21 Å². The first-order valence-electron chi connectivity index (χ1n) is 7.69. The van der Waals surface area contributed by atoms with E-state index in [2.05, 4.69) is 10.1 Å². The second-order valence-electron chi connectivity index (χ2n) is 5.98. The number of piperidine rings is 1. The van der Waals surface area contributed by atoms with Gasteiger partial charge in [-0.3, -0.25) is 4.79 Å². The standard InChI is InChI=1S/C16H18N4O2/c21-16(6-5-15-2-1-7-22-15)20-12-3-4-13(20)9-14(8-12)19-11-17-10-18-19/h1-2,5-7,10-14H,3-4,8-9H2/b6-5+. The number of hydrogen-bond donors (Lipinski definition) is 0. The van der Waals surface area contributed by atoms with Gasteiger partial charge in [-0.25, -0.2) is 9.67 Å². The van der Waals surface area contributed by atoms with Crippen LogP contribution in [0.4, 0.5) is 0 Å². The molecule has 0 saturated carbocycles. The van der Waals surface area contributed by atoms with Crippen molar-refractivity contribution in [2.45, 2.75) is 43.8 Å². The van der Waals surface area contributed by atoms with E-state index in [-0.39, 0.29) is 5.91 Å². The number of rotatable bonds is 3. The molecule has 0 aromatic carbocycles. The third-order valence-corrected chi connectivity index (χ3v) is 4.71. The summed E-state index contributed by atoms with van der Waals surface area (Å²) in [7, 11) is 0. The van der Waals surface area contributed by atoms with Gasteiger partial charge in [0.2, 0.25) is 5.91 Å². The summed E-state index contributed by atoms with van der Waals surface area (Å²) in [5, 5.41) is 4.25. The number of carbonyl (C=O) groups excluding carboxylic acids is 1. The Balaban J connectivity index is 1.47. The maximum atomic E-state index is 12.5. The first-order valence-corrected chi connectivity index (χ1v) is 7.69. The summed E-state index contributed by atoms with van der Waals surface area (Å²) in [4.78, 5) is 18.6. The monoisotopic (exact) mass is 298 g/mol. The van der Waals surface area contributed by atoms with Gasteiger partial charge in [0, 0.05) is 18.2 Å². The third kappa shape index (κ3) is 2.34. The number of furan rings is 1. The smallest absolute Gasteiger partial charge is 0.247 e. The van der Waals surface area contributed by atoms with Gasteiger partial charge in [0.05, 0.1) is 12.3 Å². The molecule has 1 amide bonds. The molecular weight excluding hydrogens is 280 g/mol. The van der Waals surface area contributed by atoms with E-state index < -0.39 is 0 Å². The van der Waals surface area contributed by atoms with Crippen molar-refractivity contribution in [3.63, 3.8) is 0 Å². The third-order valence-electron chi connectivity index (χ3n) is 4.71. The summed E-state index contributed by atoms with van der Waals surface area (Å²) in [5.41, 5.74) is 0. The van der Waals surface area contributed by atoms with Crippen molar-refractivity contribution in [3.05, 3.63) is 42.9 Å². The highest BCUT2D eigenvalue weighted by Crippen LogP contribution is 2.40. The molecule has 6 heteroatoms. The van der Waals surface area contributed by atoms with Gasteiger partial charge in [0.15, 0.2) is 0 Å². The molecule has 2 atom stereocenters. The fourth-order valence-corrected chi connectivity index (χ4v) is 3.76. The molecule has 2 fully saturated rings. The van der Waals surface area contributed by atoms with E-state index in [4.69, 9.17) is 4.42 Å². The first-order chi connectivity index (χ1) is 10.8. The zero-order valence-electron chi connectivity index (χ0n) is 12.2. The van der Waals surface area contributed by atoms with Crippen LogP contribution in [0.15, 0.2) is 41.5 Å². The molecule has 0 radical (unpaired) electrons. The van der Waals surface area contributed by atoms with Crippen molar-refractivity contribution in [1.29, 1.82) is 0 Å². The lowest BCUT2D eigenvalue weighted by Crippen LogP contribution is -2.46. The molecule has 2 aromatic heterocycles. The van der Waals surface area contributed by atoms with Crippen molar-refractivity contribution >= 4 is 12.0 Å². The van der Waals surface area contributed by atoms with Gasteiger partial charge in [-0.05, 0) is 43.9 Å². The minimum atomic E-state index is 0.0842. The molecular formula is C16H18N4O2. The van der Waals surface area contributed by atoms with E-state index in [0.29, 0.717) is 23.9 Å². The van der Waals surface area contributed by atoms with E-state index in [1.807, 2.05) is 21.7 Å². The summed E-state index contributed by atoms with van der Waals surface area (Å²) in [6.07, 6.45) is 12.4. The zero-order chi connectivity index (χ0) is 14.9. The Kier molecular flexibility index (Phi) is 3.29. The number of aromatic nitrogens is 3. The second-order valence-corrected chi connectivity index (χ2v) is 5.98. The van der Waals surface area contributed by atoms with Crippen molar-refractivity contribution in [1.82, 2.24) is 19.7 Å². The lowest BCUT2D eigenvalue weighted by molar-refractivity contribution is -0.130. The molecule has 6 nitrogen and oxygen atoms in total. The maximum absolute atomic E-state index is 12.5. The molecule has 2 aliphatic rings. The van der Waals surface area contributed by atoms with Crippen LogP contribution >= 0.6 is 0 Å². The van der Waals surface area contributed by atoms with Gasteiger partial charge < -0.3 is 9.32 Å². The fraction of sp³-hybridized carbons (Fsp3) is 0.438. The van der Waals surface area contributed by atoms with Gasteiger partial charge in [-0.15, -0.1) is 0 Å². The van der Waals surface area contributed by atoms with Crippen LogP contribution in [-0.2, 0) is 4.79 Å². The topological polar surface area (TPSA) is 64.2 Å². The average molecular weight is 298 g/mol. The quantitative estimate of drug-likeness (QED) is 0.815. The Labute approximate surface area is 128 Å². The van der Waals surface area contributed by atoms with Gasteiger partial charge >= 0.3 is 0 Å². The van der Waals surface area contributed by atoms with Crippen LogP contribution < -0.4 is 0 Å². The molecule has 2 aromatic rings. The van der Waals surface area contributed by atoms with Crippen LogP contribution in [0.2, 0.25) is 0 Å². The van der Waals surface area contributed by atoms with Crippen LogP contribution in [0.25, 0.3) is 6.08 Å². The minimum Gasteiger partial charge on any atom is -0.465 e. The van der Waals surface area contributed by atoms with Crippen molar-refractivity contribution in [2.75, 3.05) is 0 Å². The molecule has 22 heavy (non-hydrogen) atoms. The molecule has 4 rings (SSSR count). The summed E-state index contributed by atoms with van der Waals surface area (Å²) in [6, 6.07) is 4.63. The number of hydrogen-bond acceptors (Lipinski definition) is 4. The number of amides is 1. The zero-order valence-corrected chi connectivity index (χ0v) is 12.2. The molecule has 4 heterocycles. The highest BCUT2D eigenvalue weighted by atomic mass is 16.3. The van der Waals surface area contributed by atoms with E-state index in [9.17, 15) is 4.79 Å². The van der Waals surface area contributed by atoms with Gasteiger partial charge in [-0.2, -0.15) is 5.10 Å². The van der Waals surface area contributed by atoms with E-state index in [1.54, 1.807) is 31.1 Å². The SMILES string of the molecule is O=C(/C=C/c1ccco1)N1C2CCC1CC(n1cncn1)C2. The Morgan fingerprint density at radius 2 is 2.09 bits per heavy atom. The average Bonchev–Trinajstić information content (AvgIpc) is 3.25. The van der Waals surface area contributed by atoms with Gasteiger partial charge in [0.25, 0.3) is 0 Å². The van der Waals surface area contributed by atoms with Crippen LogP contribution in [-0.4, -0.2) is 37.7 Å². The number of nitrogens with zero attached hydrogens (tertiary/aromatic N) is 4. The Morgan fingerprint density at radius 3 is 2.73 bits per heavy atom. The minimum absolute atomic E-state index is 0.0842. The predicted molar refractivity (Wildman–Crippen MR) is 79.7 cm³/mol. The second kappa shape index (κ2) is 5.44. The molecule has 2 unspecified atom stereocenters. The molecule has 0 spiro atoms. The molecule has 0 aliphatic carbocycles. The Bertz CT molecular complexity index is 648. The van der Waals surface area contributed by atoms with Gasteiger partial charge in [0.1, 0.15) is 18.4 Å². The normalized spacial score (nSPS) is 27.6. The maximum Gasteiger partial charge on any atom is 0.247 e. The molecule has 0 N–H and O–H groups in total. The summed E-state index contributed by atoms with van der Waals surface area (Å²) < 4.78 is 7.17. The molecule has 114 valence electrons. The van der Waals surface area contributed by atoms with Crippen molar-refractivity contribution in [2.24, 2.45) is 0 Å². The summed E-state index contributed by atoms with van der Waals surface area (Å²) in [6.45, 7) is 0. The first kappa shape index (κ1) is 13.3. The highest BCUT2D eigenvalue weighted by Gasteiger charge is 2.43. The molecule has 2 bridgehead atoms. The van der Waals surface area contributed by atoms with E-state index >= 15 is 0 Å². The van der Waals surface area contributed by atoms with Crippen LogP contribution in [0, 0.1) is 0 Å². The Hall–Kier alpha value is -2.37. The van der Waals surface area contributed by atoms with Crippen molar-refractivity contribution in [3.8, 4) is 0 Å². The molecule has 2 aliphatic heterocycles. The van der Waals surface area contributed by atoms with Crippen LogP contribution in [0.1, 0.15) is 37.5 Å².